The fraction of sp³-hybridized carbons (Fsp3) is 0.111. The highest BCUT2D eigenvalue weighted by atomic mass is 16.5. The minimum atomic E-state index is 0.829. The normalized spacial score (nSPS) is 10.0. The number of methoxy groups -OCH3 is 1. The Morgan fingerprint density at radius 1 is 1.16 bits per heavy atom. The molecule has 1 nitrogen and oxygen atoms in total. The first-order valence-electron chi connectivity index (χ1n) is 6.22. The van der Waals surface area contributed by atoms with Crippen molar-refractivity contribution in [3.05, 3.63) is 77.9 Å². The Morgan fingerprint density at radius 3 is 2.58 bits per heavy atom. The van der Waals surface area contributed by atoms with Crippen molar-refractivity contribution in [2.75, 3.05) is 7.11 Å². The molecule has 2 aromatic carbocycles. The van der Waals surface area contributed by atoms with Gasteiger partial charge in [-0.15, -0.1) is 0 Å². The van der Waals surface area contributed by atoms with Gasteiger partial charge in [0.25, 0.3) is 0 Å². The number of hydrogen-bond donors (Lipinski definition) is 0. The molecule has 0 N–H and O–H groups in total. The van der Waals surface area contributed by atoms with E-state index in [1.165, 1.54) is 5.56 Å². The zero-order chi connectivity index (χ0) is 13.8. The lowest BCUT2D eigenvalue weighted by molar-refractivity contribution is 0.414. The summed E-state index contributed by atoms with van der Waals surface area (Å²) in [7, 11) is 1.66. The van der Waals surface area contributed by atoms with Crippen molar-refractivity contribution in [2.45, 2.75) is 6.92 Å². The Bertz CT molecular complexity index is 623. The van der Waals surface area contributed by atoms with E-state index in [0.29, 0.717) is 0 Å². The van der Waals surface area contributed by atoms with Gasteiger partial charge in [0.2, 0.25) is 0 Å². The van der Waals surface area contributed by atoms with Crippen LogP contribution in [0.25, 0.3) is 11.6 Å². The summed E-state index contributed by atoms with van der Waals surface area (Å²) in [6.07, 6.45) is 1.83. The van der Waals surface area contributed by atoms with Crippen molar-refractivity contribution < 1.29 is 4.74 Å². The molecule has 0 saturated carbocycles. The van der Waals surface area contributed by atoms with Gasteiger partial charge in [-0.25, -0.2) is 0 Å². The molecule has 0 saturated heterocycles. The molecule has 0 fully saturated rings. The number of aryl methyl sites for hydroxylation is 1. The van der Waals surface area contributed by atoms with Crippen LogP contribution >= 0.6 is 0 Å². The Labute approximate surface area is 114 Å². The second kappa shape index (κ2) is 5.57. The van der Waals surface area contributed by atoms with Crippen LogP contribution in [-0.2, 0) is 0 Å². The van der Waals surface area contributed by atoms with E-state index in [4.69, 9.17) is 4.74 Å². The third-order valence-electron chi connectivity index (χ3n) is 3.17. The average molecular weight is 250 g/mol. The standard InChI is InChI=1S/C18H18O/c1-5-15-12-17(19-4)9-10-18(15)14(3)16-8-6-7-13(2)11-16/h5-12H,1,3H2,2,4H3. The molecule has 1 heteroatoms. The summed E-state index contributed by atoms with van der Waals surface area (Å²) < 4.78 is 5.24. The van der Waals surface area contributed by atoms with E-state index in [1.807, 2.05) is 30.3 Å². The molecule has 0 amide bonds. The lowest BCUT2D eigenvalue weighted by atomic mass is 9.94. The summed E-state index contributed by atoms with van der Waals surface area (Å²) in [5.74, 6) is 0.829. The van der Waals surface area contributed by atoms with Crippen molar-refractivity contribution in [3.8, 4) is 5.75 Å². The minimum absolute atomic E-state index is 0.829. The van der Waals surface area contributed by atoms with Gasteiger partial charge in [0.05, 0.1) is 7.11 Å². The molecule has 0 aromatic heterocycles. The maximum absolute atomic E-state index is 5.24. The first kappa shape index (κ1) is 13.2. The second-order valence-electron chi connectivity index (χ2n) is 4.51. The molecule has 0 aliphatic heterocycles. The van der Waals surface area contributed by atoms with Crippen molar-refractivity contribution in [3.63, 3.8) is 0 Å². The zero-order valence-electron chi connectivity index (χ0n) is 11.4. The van der Waals surface area contributed by atoms with Crippen molar-refractivity contribution in [2.24, 2.45) is 0 Å². The third-order valence-corrected chi connectivity index (χ3v) is 3.17. The summed E-state index contributed by atoms with van der Waals surface area (Å²) in [6.45, 7) is 10.2. The average Bonchev–Trinajstić information content (AvgIpc) is 2.45. The van der Waals surface area contributed by atoms with E-state index < -0.39 is 0 Å². The fourth-order valence-electron chi connectivity index (χ4n) is 2.10. The summed E-state index contributed by atoms with van der Waals surface area (Å²) >= 11 is 0. The van der Waals surface area contributed by atoms with Crippen LogP contribution in [0.4, 0.5) is 0 Å². The van der Waals surface area contributed by atoms with Crippen LogP contribution < -0.4 is 4.74 Å². The van der Waals surface area contributed by atoms with Gasteiger partial charge in [-0.1, -0.05) is 55.1 Å². The second-order valence-corrected chi connectivity index (χ2v) is 4.51. The lowest BCUT2D eigenvalue weighted by Gasteiger charge is -2.12. The van der Waals surface area contributed by atoms with E-state index in [9.17, 15) is 0 Å². The molecule has 0 heterocycles. The summed E-state index contributed by atoms with van der Waals surface area (Å²) in [5, 5.41) is 0. The minimum Gasteiger partial charge on any atom is -0.497 e. The zero-order valence-corrected chi connectivity index (χ0v) is 11.4. The molecular formula is C18H18O. The van der Waals surface area contributed by atoms with Gasteiger partial charge in [-0.05, 0) is 41.3 Å². The molecule has 0 aliphatic rings. The largest absolute Gasteiger partial charge is 0.497 e. The molecule has 0 radical (unpaired) electrons. The fourth-order valence-corrected chi connectivity index (χ4v) is 2.10. The predicted octanol–water partition coefficient (Wildman–Crippen LogP) is 4.71. The highest BCUT2D eigenvalue weighted by Gasteiger charge is 2.07. The van der Waals surface area contributed by atoms with Crippen LogP contribution in [0.3, 0.4) is 0 Å². The number of benzene rings is 2. The molecule has 96 valence electrons. The summed E-state index contributed by atoms with van der Waals surface area (Å²) in [5.41, 5.74) is 5.48. The van der Waals surface area contributed by atoms with Crippen LogP contribution in [-0.4, -0.2) is 7.11 Å². The van der Waals surface area contributed by atoms with Gasteiger partial charge in [0.1, 0.15) is 5.75 Å². The van der Waals surface area contributed by atoms with Gasteiger partial charge in [0, 0.05) is 0 Å². The monoisotopic (exact) mass is 250 g/mol. The quantitative estimate of drug-likeness (QED) is 0.763. The van der Waals surface area contributed by atoms with Crippen LogP contribution in [0.1, 0.15) is 22.3 Å². The van der Waals surface area contributed by atoms with Gasteiger partial charge >= 0.3 is 0 Å². The highest BCUT2D eigenvalue weighted by molar-refractivity contribution is 5.83. The first-order valence-corrected chi connectivity index (χ1v) is 6.22. The summed E-state index contributed by atoms with van der Waals surface area (Å²) in [6, 6.07) is 14.3. The molecule has 0 atom stereocenters. The molecular weight excluding hydrogens is 232 g/mol. The molecule has 0 spiro atoms. The first-order chi connectivity index (χ1) is 9.15. The van der Waals surface area contributed by atoms with Gasteiger partial charge in [-0.3, -0.25) is 0 Å². The van der Waals surface area contributed by atoms with Gasteiger partial charge in [-0.2, -0.15) is 0 Å². The topological polar surface area (TPSA) is 9.23 Å². The van der Waals surface area contributed by atoms with Crippen molar-refractivity contribution >= 4 is 11.6 Å². The number of hydrogen-bond acceptors (Lipinski definition) is 1. The Hall–Kier alpha value is -2.28. The number of ether oxygens (including phenoxy) is 1. The third kappa shape index (κ3) is 2.76. The van der Waals surface area contributed by atoms with Crippen molar-refractivity contribution in [1.82, 2.24) is 0 Å². The molecule has 2 aromatic rings. The Morgan fingerprint density at radius 2 is 1.95 bits per heavy atom. The maximum Gasteiger partial charge on any atom is 0.119 e. The maximum atomic E-state index is 5.24. The molecule has 0 bridgehead atoms. The molecule has 19 heavy (non-hydrogen) atoms. The molecule has 0 aliphatic carbocycles. The van der Waals surface area contributed by atoms with Crippen LogP contribution in [0, 0.1) is 6.92 Å². The summed E-state index contributed by atoms with van der Waals surface area (Å²) in [4.78, 5) is 0. The van der Waals surface area contributed by atoms with Crippen LogP contribution in [0.5, 0.6) is 5.75 Å². The van der Waals surface area contributed by atoms with Crippen molar-refractivity contribution in [1.29, 1.82) is 0 Å². The van der Waals surface area contributed by atoms with Crippen LogP contribution in [0.15, 0.2) is 55.6 Å². The molecule has 2 rings (SSSR count). The van der Waals surface area contributed by atoms with E-state index in [-0.39, 0.29) is 0 Å². The van der Waals surface area contributed by atoms with E-state index in [1.54, 1.807) is 7.11 Å². The number of rotatable bonds is 4. The predicted molar refractivity (Wildman–Crippen MR) is 82.4 cm³/mol. The smallest absolute Gasteiger partial charge is 0.119 e. The Balaban J connectivity index is 2.47. The van der Waals surface area contributed by atoms with E-state index in [2.05, 4.69) is 38.3 Å². The van der Waals surface area contributed by atoms with Crippen LogP contribution in [0.2, 0.25) is 0 Å². The van der Waals surface area contributed by atoms with Gasteiger partial charge < -0.3 is 4.74 Å². The Kier molecular flexibility index (Phi) is 3.86. The van der Waals surface area contributed by atoms with E-state index >= 15 is 0 Å². The van der Waals surface area contributed by atoms with Gasteiger partial charge in [0.15, 0.2) is 0 Å². The highest BCUT2D eigenvalue weighted by Crippen LogP contribution is 2.28. The SMILES string of the molecule is C=Cc1cc(OC)ccc1C(=C)c1cccc(C)c1. The lowest BCUT2D eigenvalue weighted by Crippen LogP contribution is -1.92. The van der Waals surface area contributed by atoms with E-state index in [0.717, 1.165) is 28.0 Å². The molecule has 0 unspecified atom stereocenters.